The van der Waals surface area contributed by atoms with E-state index in [2.05, 4.69) is 30.0 Å². The molecule has 2 heteroatoms. The molecule has 2 nitrogen and oxygen atoms in total. The van der Waals surface area contributed by atoms with E-state index in [9.17, 15) is 0 Å². The second-order valence-corrected chi connectivity index (χ2v) is 5.45. The van der Waals surface area contributed by atoms with Gasteiger partial charge in [-0.25, -0.2) is 0 Å². The molecule has 0 aromatic carbocycles. The summed E-state index contributed by atoms with van der Waals surface area (Å²) in [7, 11) is 0. The van der Waals surface area contributed by atoms with Crippen molar-refractivity contribution in [3.8, 4) is 0 Å². The molecule has 0 fully saturated rings. The molecule has 104 valence electrons. The smallest absolute Gasteiger partial charge is 0.0281 e. The lowest BCUT2D eigenvalue weighted by atomic mass is 10.1. The summed E-state index contributed by atoms with van der Waals surface area (Å²) >= 11 is 0. The first-order chi connectivity index (χ1) is 8.74. The fraction of sp³-hybridized carbons (Fsp3) is 0.750. The molecule has 0 aliphatic rings. The van der Waals surface area contributed by atoms with E-state index in [4.69, 9.17) is 5.73 Å². The Morgan fingerprint density at radius 1 is 1.06 bits per heavy atom. The zero-order chi connectivity index (χ0) is 13.2. The average Bonchev–Trinajstić information content (AvgIpc) is 2.81. The van der Waals surface area contributed by atoms with Crippen molar-refractivity contribution in [2.45, 2.75) is 77.8 Å². The third-order valence-corrected chi connectivity index (χ3v) is 3.57. The molecule has 0 aliphatic heterocycles. The zero-order valence-corrected chi connectivity index (χ0v) is 12.2. The average molecular weight is 250 g/mol. The molecule has 1 aromatic heterocycles. The molecule has 1 heterocycles. The summed E-state index contributed by atoms with van der Waals surface area (Å²) in [5.74, 6) is 0. The van der Waals surface area contributed by atoms with Crippen LogP contribution in [-0.2, 0) is 6.54 Å². The van der Waals surface area contributed by atoms with E-state index in [-0.39, 0.29) is 6.04 Å². The second kappa shape index (κ2) is 9.21. The Kier molecular flexibility index (Phi) is 7.83. The van der Waals surface area contributed by atoms with Crippen molar-refractivity contribution >= 4 is 0 Å². The highest BCUT2D eigenvalue weighted by Gasteiger charge is 2.01. The van der Waals surface area contributed by atoms with Crippen LogP contribution in [0.25, 0.3) is 0 Å². The fourth-order valence-electron chi connectivity index (χ4n) is 2.30. The summed E-state index contributed by atoms with van der Waals surface area (Å²) in [6, 6.07) is 2.29. The first kappa shape index (κ1) is 15.3. The van der Waals surface area contributed by atoms with Crippen LogP contribution in [0.5, 0.6) is 0 Å². The Labute approximate surface area is 113 Å². The number of aryl methyl sites for hydroxylation is 1. The van der Waals surface area contributed by atoms with Gasteiger partial charge in [-0.2, -0.15) is 0 Å². The lowest BCUT2D eigenvalue weighted by Gasteiger charge is -2.04. The van der Waals surface area contributed by atoms with Gasteiger partial charge < -0.3 is 10.3 Å². The predicted octanol–water partition coefficient (Wildman–Crippen LogP) is 4.65. The minimum atomic E-state index is 0.157. The molecule has 0 radical (unpaired) electrons. The van der Waals surface area contributed by atoms with Crippen LogP contribution in [-0.4, -0.2) is 4.57 Å². The van der Waals surface area contributed by atoms with Crippen molar-refractivity contribution in [3.05, 3.63) is 24.0 Å². The van der Waals surface area contributed by atoms with Crippen LogP contribution < -0.4 is 5.73 Å². The molecule has 0 spiro atoms. The third kappa shape index (κ3) is 6.25. The highest BCUT2D eigenvalue weighted by atomic mass is 14.9. The van der Waals surface area contributed by atoms with Gasteiger partial charge in [-0.15, -0.1) is 0 Å². The second-order valence-electron chi connectivity index (χ2n) is 5.45. The van der Waals surface area contributed by atoms with Crippen LogP contribution >= 0.6 is 0 Å². The maximum Gasteiger partial charge on any atom is 0.0281 e. The van der Waals surface area contributed by atoms with Gasteiger partial charge in [0.05, 0.1) is 0 Å². The van der Waals surface area contributed by atoms with E-state index < -0.39 is 0 Å². The number of rotatable bonds is 10. The molecule has 1 rings (SSSR count). The topological polar surface area (TPSA) is 30.9 Å². The molecule has 0 aliphatic carbocycles. The number of nitrogens with zero attached hydrogens (tertiary/aromatic N) is 1. The Morgan fingerprint density at radius 3 is 2.22 bits per heavy atom. The van der Waals surface area contributed by atoms with E-state index in [1.807, 2.05) is 6.92 Å². The Hall–Kier alpha value is -0.760. The van der Waals surface area contributed by atoms with Crippen molar-refractivity contribution in [3.63, 3.8) is 0 Å². The van der Waals surface area contributed by atoms with Gasteiger partial charge in [0.15, 0.2) is 0 Å². The lowest BCUT2D eigenvalue weighted by Crippen LogP contribution is -2.03. The largest absolute Gasteiger partial charge is 0.354 e. The molecule has 0 saturated heterocycles. The molecule has 1 atom stereocenters. The molecule has 1 unspecified atom stereocenters. The molecule has 18 heavy (non-hydrogen) atoms. The molecular weight excluding hydrogens is 220 g/mol. The first-order valence-corrected chi connectivity index (χ1v) is 7.65. The van der Waals surface area contributed by atoms with Gasteiger partial charge in [0.2, 0.25) is 0 Å². The Bertz CT molecular complexity index is 302. The monoisotopic (exact) mass is 250 g/mol. The van der Waals surface area contributed by atoms with Crippen LogP contribution in [0.2, 0.25) is 0 Å². The maximum absolute atomic E-state index is 5.85. The highest BCUT2D eigenvalue weighted by Crippen LogP contribution is 2.12. The van der Waals surface area contributed by atoms with Crippen molar-refractivity contribution in [2.75, 3.05) is 0 Å². The highest BCUT2D eigenvalue weighted by molar-refractivity contribution is 5.13. The van der Waals surface area contributed by atoms with Crippen LogP contribution in [0.15, 0.2) is 18.5 Å². The van der Waals surface area contributed by atoms with Crippen LogP contribution in [0, 0.1) is 0 Å². The van der Waals surface area contributed by atoms with Crippen molar-refractivity contribution in [1.29, 1.82) is 0 Å². The predicted molar refractivity (Wildman–Crippen MR) is 79.6 cm³/mol. The fourth-order valence-corrected chi connectivity index (χ4v) is 2.30. The van der Waals surface area contributed by atoms with Crippen LogP contribution in [0.1, 0.15) is 76.8 Å². The van der Waals surface area contributed by atoms with E-state index in [1.54, 1.807) is 0 Å². The minimum absolute atomic E-state index is 0.157. The normalized spacial score (nSPS) is 12.8. The molecule has 0 bridgehead atoms. The van der Waals surface area contributed by atoms with Crippen molar-refractivity contribution in [2.24, 2.45) is 5.73 Å². The maximum atomic E-state index is 5.85. The Balaban J connectivity index is 2.00. The summed E-state index contributed by atoms with van der Waals surface area (Å²) in [6.07, 6.45) is 15.4. The summed E-state index contributed by atoms with van der Waals surface area (Å²) in [5.41, 5.74) is 7.09. The lowest BCUT2D eigenvalue weighted by molar-refractivity contribution is 0.544. The van der Waals surface area contributed by atoms with E-state index in [0.717, 1.165) is 6.54 Å². The van der Waals surface area contributed by atoms with Gasteiger partial charge in [-0.1, -0.05) is 51.9 Å². The van der Waals surface area contributed by atoms with Gasteiger partial charge in [-0.05, 0) is 25.0 Å². The number of nitrogens with two attached hydrogens (primary N) is 1. The third-order valence-electron chi connectivity index (χ3n) is 3.57. The van der Waals surface area contributed by atoms with E-state index in [1.165, 1.54) is 56.9 Å². The first-order valence-electron chi connectivity index (χ1n) is 7.65. The summed E-state index contributed by atoms with van der Waals surface area (Å²) in [5, 5.41) is 0. The van der Waals surface area contributed by atoms with Gasteiger partial charge in [0.25, 0.3) is 0 Å². The number of hydrogen-bond acceptors (Lipinski definition) is 1. The SMILES string of the molecule is CCCCCCCCCCn1ccc(C(C)N)c1. The molecule has 2 N–H and O–H groups in total. The molecule has 0 amide bonds. The van der Waals surface area contributed by atoms with Crippen molar-refractivity contribution < 1.29 is 0 Å². The number of unbranched alkanes of at least 4 members (excludes halogenated alkanes) is 7. The van der Waals surface area contributed by atoms with E-state index >= 15 is 0 Å². The summed E-state index contributed by atoms with van der Waals surface area (Å²) in [4.78, 5) is 0. The van der Waals surface area contributed by atoms with Gasteiger partial charge in [0, 0.05) is 25.0 Å². The van der Waals surface area contributed by atoms with Crippen molar-refractivity contribution in [1.82, 2.24) is 4.57 Å². The Morgan fingerprint density at radius 2 is 1.67 bits per heavy atom. The van der Waals surface area contributed by atoms with Crippen LogP contribution in [0.3, 0.4) is 0 Å². The molecule has 1 aromatic rings. The van der Waals surface area contributed by atoms with Gasteiger partial charge >= 0.3 is 0 Å². The standard InChI is InChI=1S/C16H30N2/c1-3-4-5-6-7-8-9-10-12-18-13-11-16(14-18)15(2)17/h11,13-15H,3-10,12,17H2,1-2H3. The number of aromatic nitrogens is 1. The quantitative estimate of drug-likeness (QED) is 0.602. The molecule has 0 saturated carbocycles. The van der Waals surface area contributed by atoms with Gasteiger partial charge in [0.1, 0.15) is 0 Å². The minimum Gasteiger partial charge on any atom is -0.354 e. The molecular formula is C16H30N2. The summed E-state index contributed by atoms with van der Waals surface area (Å²) < 4.78 is 2.27. The zero-order valence-electron chi connectivity index (χ0n) is 12.2. The van der Waals surface area contributed by atoms with E-state index in [0.29, 0.717) is 0 Å². The van der Waals surface area contributed by atoms with Crippen LogP contribution in [0.4, 0.5) is 0 Å². The summed E-state index contributed by atoms with van der Waals surface area (Å²) in [6.45, 7) is 5.45. The number of hydrogen-bond donors (Lipinski definition) is 1. The van der Waals surface area contributed by atoms with Gasteiger partial charge in [-0.3, -0.25) is 0 Å².